The minimum atomic E-state index is -0.851. The van der Waals surface area contributed by atoms with E-state index in [1.54, 1.807) is 0 Å². The van der Waals surface area contributed by atoms with E-state index in [2.05, 4.69) is 5.32 Å². The molecule has 0 aromatic heterocycles. The normalized spacial score (nSPS) is 16.8. The Hall–Kier alpha value is -2.93. The number of amides is 3. The third kappa shape index (κ3) is 3.46. The van der Waals surface area contributed by atoms with Gasteiger partial charge >= 0.3 is 0 Å². The van der Waals surface area contributed by atoms with Crippen molar-refractivity contribution in [1.82, 2.24) is 4.90 Å². The van der Waals surface area contributed by atoms with Crippen LogP contribution in [0.25, 0.3) is 0 Å². The Balaban J connectivity index is 1.59. The Morgan fingerprint density at radius 1 is 1.07 bits per heavy atom. The highest BCUT2D eigenvalue weighted by atomic mass is 35.5. The number of nitrogens with one attached hydrogen (secondary N) is 1. The zero-order chi connectivity index (χ0) is 20.7. The van der Waals surface area contributed by atoms with Crippen LogP contribution in [-0.4, -0.2) is 33.8 Å². The summed E-state index contributed by atoms with van der Waals surface area (Å²) in [7, 11) is 0. The van der Waals surface area contributed by atoms with Crippen molar-refractivity contribution < 1.29 is 23.9 Å². The SMILES string of the molecule is O=C(Nc1cc(Cl)c(O)cc1F)c1ccc2c(c1)C(=O)N(C1CCCCC1)C2=O. The number of aromatic hydroxyl groups is 1. The first kappa shape index (κ1) is 19.4. The molecular formula is C21H18ClFN2O4. The first-order valence-electron chi connectivity index (χ1n) is 9.38. The lowest BCUT2D eigenvalue weighted by atomic mass is 9.94. The standard InChI is InChI=1S/C21H18ClFN2O4/c22-15-9-17(16(23)10-18(15)26)24-19(27)11-6-7-13-14(8-11)21(29)25(20(13)28)12-4-2-1-3-5-12/h6-10,12,26H,1-5H2,(H,24,27). The molecule has 0 unspecified atom stereocenters. The molecule has 0 atom stereocenters. The van der Waals surface area contributed by atoms with E-state index in [0.29, 0.717) is 0 Å². The Morgan fingerprint density at radius 3 is 2.48 bits per heavy atom. The van der Waals surface area contributed by atoms with Crippen LogP contribution >= 0.6 is 11.6 Å². The van der Waals surface area contributed by atoms with Gasteiger partial charge in [0.1, 0.15) is 5.75 Å². The lowest BCUT2D eigenvalue weighted by Crippen LogP contribution is -2.40. The number of fused-ring (bicyclic) bond motifs is 1. The van der Waals surface area contributed by atoms with Crippen LogP contribution in [0.15, 0.2) is 30.3 Å². The summed E-state index contributed by atoms with van der Waals surface area (Å²) in [5.41, 5.74) is 0.358. The third-order valence-corrected chi connectivity index (χ3v) is 5.71. The van der Waals surface area contributed by atoms with Crippen molar-refractivity contribution in [1.29, 1.82) is 0 Å². The quantitative estimate of drug-likeness (QED) is 0.574. The second-order valence-corrected chi connectivity index (χ2v) is 7.68. The summed E-state index contributed by atoms with van der Waals surface area (Å²) in [6.45, 7) is 0. The fourth-order valence-electron chi connectivity index (χ4n) is 3.90. The number of hydrogen-bond donors (Lipinski definition) is 2. The molecule has 29 heavy (non-hydrogen) atoms. The molecule has 0 radical (unpaired) electrons. The molecule has 1 fully saturated rings. The van der Waals surface area contributed by atoms with Gasteiger partial charge in [-0.15, -0.1) is 0 Å². The molecule has 6 nitrogen and oxygen atoms in total. The number of carbonyl (C=O) groups excluding carboxylic acids is 3. The van der Waals surface area contributed by atoms with E-state index in [9.17, 15) is 23.9 Å². The minimum Gasteiger partial charge on any atom is -0.506 e. The van der Waals surface area contributed by atoms with E-state index >= 15 is 0 Å². The van der Waals surface area contributed by atoms with Crippen LogP contribution in [0.3, 0.4) is 0 Å². The summed E-state index contributed by atoms with van der Waals surface area (Å²) in [6.07, 6.45) is 4.64. The number of carbonyl (C=O) groups is 3. The van der Waals surface area contributed by atoms with E-state index in [4.69, 9.17) is 11.6 Å². The van der Waals surface area contributed by atoms with Crippen LogP contribution in [0.4, 0.5) is 10.1 Å². The van der Waals surface area contributed by atoms with Crippen molar-refractivity contribution in [3.05, 3.63) is 57.9 Å². The predicted octanol–water partition coefficient (Wildman–Crippen LogP) is 4.37. The van der Waals surface area contributed by atoms with Crippen molar-refractivity contribution in [2.24, 2.45) is 0 Å². The molecule has 1 aliphatic carbocycles. The number of halogens is 2. The van der Waals surface area contributed by atoms with Crippen molar-refractivity contribution in [2.45, 2.75) is 38.1 Å². The molecule has 1 saturated carbocycles. The topological polar surface area (TPSA) is 86.7 Å². The average Bonchev–Trinajstić information content (AvgIpc) is 2.96. The van der Waals surface area contributed by atoms with Gasteiger partial charge in [0.05, 0.1) is 21.8 Å². The van der Waals surface area contributed by atoms with Gasteiger partial charge in [0.25, 0.3) is 17.7 Å². The first-order valence-corrected chi connectivity index (χ1v) is 9.76. The lowest BCUT2D eigenvalue weighted by Gasteiger charge is -2.29. The second kappa shape index (κ2) is 7.48. The van der Waals surface area contributed by atoms with Gasteiger partial charge in [-0.1, -0.05) is 30.9 Å². The molecule has 2 aromatic rings. The van der Waals surface area contributed by atoms with Crippen LogP contribution in [-0.2, 0) is 0 Å². The molecule has 0 saturated heterocycles. The van der Waals surface area contributed by atoms with Crippen LogP contribution < -0.4 is 5.32 Å². The summed E-state index contributed by atoms with van der Waals surface area (Å²) in [5, 5.41) is 11.7. The molecule has 150 valence electrons. The Kier molecular flexibility index (Phi) is 5.00. The molecule has 3 amide bonds. The smallest absolute Gasteiger partial charge is 0.261 e. The van der Waals surface area contributed by atoms with E-state index in [1.165, 1.54) is 23.1 Å². The summed E-state index contributed by atoms with van der Waals surface area (Å²) in [4.78, 5) is 39.4. The van der Waals surface area contributed by atoms with Crippen molar-refractivity contribution in [3.63, 3.8) is 0 Å². The molecule has 1 aliphatic heterocycles. The van der Waals surface area contributed by atoms with E-state index in [0.717, 1.165) is 44.2 Å². The number of hydrogen-bond acceptors (Lipinski definition) is 4. The summed E-state index contributed by atoms with van der Waals surface area (Å²) in [5.74, 6) is -2.68. The Bertz CT molecular complexity index is 1030. The lowest BCUT2D eigenvalue weighted by molar-refractivity contribution is 0.0549. The largest absolute Gasteiger partial charge is 0.506 e. The number of nitrogens with zero attached hydrogens (tertiary/aromatic N) is 1. The zero-order valence-corrected chi connectivity index (χ0v) is 16.1. The van der Waals surface area contributed by atoms with Crippen molar-refractivity contribution in [3.8, 4) is 5.75 Å². The molecule has 2 N–H and O–H groups in total. The first-order chi connectivity index (χ1) is 13.9. The van der Waals surface area contributed by atoms with E-state index in [-0.39, 0.29) is 39.3 Å². The summed E-state index contributed by atoms with van der Waals surface area (Å²) < 4.78 is 14.0. The van der Waals surface area contributed by atoms with Crippen LogP contribution in [0, 0.1) is 5.82 Å². The van der Waals surface area contributed by atoms with Gasteiger partial charge in [0, 0.05) is 17.7 Å². The average molecular weight is 417 g/mol. The number of phenols is 1. The molecule has 0 bridgehead atoms. The highest BCUT2D eigenvalue weighted by molar-refractivity contribution is 6.32. The van der Waals surface area contributed by atoms with Gasteiger partial charge in [-0.05, 0) is 37.1 Å². The van der Waals surface area contributed by atoms with Crippen LogP contribution in [0.5, 0.6) is 5.75 Å². The molecule has 2 aromatic carbocycles. The molecule has 1 heterocycles. The van der Waals surface area contributed by atoms with Crippen LogP contribution in [0.1, 0.15) is 63.2 Å². The summed E-state index contributed by atoms with van der Waals surface area (Å²) in [6, 6.07) is 6.01. The van der Waals surface area contributed by atoms with E-state index < -0.39 is 23.4 Å². The maximum absolute atomic E-state index is 14.0. The van der Waals surface area contributed by atoms with Gasteiger partial charge in [0.2, 0.25) is 0 Å². The summed E-state index contributed by atoms with van der Waals surface area (Å²) >= 11 is 5.76. The zero-order valence-electron chi connectivity index (χ0n) is 15.4. The number of imide groups is 1. The molecule has 4 rings (SSSR count). The van der Waals surface area contributed by atoms with Crippen LogP contribution in [0.2, 0.25) is 5.02 Å². The van der Waals surface area contributed by atoms with Gasteiger partial charge in [-0.3, -0.25) is 19.3 Å². The van der Waals surface area contributed by atoms with Gasteiger partial charge in [0.15, 0.2) is 5.82 Å². The van der Waals surface area contributed by atoms with E-state index in [1.807, 2.05) is 0 Å². The number of anilines is 1. The maximum Gasteiger partial charge on any atom is 0.261 e. The number of rotatable bonds is 3. The fraction of sp³-hybridized carbons (Fsp3) is 0.286. The molecule has 0 spiro atoms. The highest BCUT2D eigenvalue weighted by Crippen LogP contribution is 2.32. The molecular weight excluding hydrogens is 399 g/mol. The Labute approximate surface area is 171 Å². The maximum atomic E-state index is 14.0. The minimum absolute atomic E-state index is 0.110. The van der Waals surface area contributed by atoms with Gasteiger partial charge in [-0.2, -0.15) is 0 Å². The monoisotopic (exact) mass is 416 g/mol. The Morgan fingerprint density at radius 2 is 1.76 bits per heavy atom. The number of benzene rings is 2. The fourth-order valence-corrected chi connectivity index (χ4v) is 4.06. The predicted molar refractivity (Wildman–Crippen MR) is 105 cm³/mol. The van der Waals surface area contributed by atoms with Gasteiger partial charge in [-0.25, -0.2) is 4.39 Å². The third-order valence-electron chi connectivity index (χ3n) is 5.40. The molecule has 8 heteroatoms. The second-order valence-electron chi connectivity index (χ2n) is 7.27. The highest BCUT2D eigenvalue weighted by Gasteiger charge is 2.40. The molecule has 2 aliphatic rings. The van der Waals surface area contributed by atoms with Crippen molar-refractivity contribution in [2.75, 3.05) is 5.32 Å². The van der Waals surface area contributed by atoms with Gasteiger partial charge < -0.3 is 10.4 Å². The van der Waals surface area contributed by atoms with Crippen molar-refractivity contribution >= 4 is 35.0 Å². The number of phenolic OH excluding ortho intramolecular Hbond substituents is 1.